The topological polar surface area (TPSA) is 73.0 Å². The van der Waals surface area contributed by atoms with E-state index < -0.39 is 0 Å². The van der Waals surface area contributed by atoms with Crippen molar-refractivity contribution in [2.24, 2.45) is 0 Å². The molecule has 0 fully saturated rings. The van der Waals surface area contributed by atoms with Gasteiger partial charge in [-0.15, -0.1) is 10.2 Å². The van der Waals surface area contributed by atoms with Gasteiger partial charge >= 0.3 is 0 Å². The number of fused-ring (bicyclic) bond motifs is 1. The summed E-state index contributed by atoms with van der Waals surface area (Å²) in [7, 11) is 0. The zero-order chi connectivity index (χ0) is 15.4. The van der Waals surface area contributed by atoms with E-state index >= 15 is 0 Å². The molecule has 0 radical (unpaired) electrons. The quantitative estimate of drug-likeness (QED) is 0.857. The van der Waals surface area contributed by atoms with Gasteiger partial charge in [0.25, 0.3) is 0 Å². The van der Waals surface area contributed by atoms with Crippen LogP contribution < -0.4 is 5.32 Å². The standard InChI is InChI=1S/C15H20N4O2S/c1-11(12-6-5-9-21-12)16-14(20)10-22-15-18-17-13-7-3-2-4-8-19(13)15/h5-6,9,11H,2-4,7-8,10H2,1H3,(H,16,20)/t11-/m1/s1. The van der Waals surface area contributed by atoms with Gasteiger partial charge in [0.15, 0.2) is 5.16 Å². The Bertz CT molecular complexity index is 624. The van der Waals surface area contributed by atoms with E-state index in [4.69, 9.17) is 4.42 Å². The Morgan fingerprint density at radius 1 is 1.45 bits per heavy atom. The highest BCUT2D eigenvalue weighted by Crippen LogP contribution is 2.22. The molecule has 1 aliphatic heterocycles. The fraction of sp³-hybridized carbons (Fsp3) is 0.533. The molecule has 0 saturated heterocycles. The lowest BCUT2D eigenvalue weighted by Gasteiger charge is -2.11. The molecule has 2 aromatic heterocycles. The Kier molecular flexibility index (Phi) is 4.82. The van der Waals surface area contributed by atoms with Crippen LogP contribution in [-0.4, -0.2) is 26.4 Å². The smallest absolute Gasteiger partial charge is 0.231 e. The molecule has 3 rings (SSSR count). The van der Waals surface area contributed by atoms with Crippen LogP contribution in [0.3, 0.4) is 0 Å². The molecular weight excluding hydrogens is 300 g/mol. The molecule has 0 aliphatic carbocycles. The SMILES string of the molecule is C[C@@H](NC(=O)CSc1nnc2n1CCCCC2)c1ccco1. The van der Waals surface area contributed by atoms with Gasteiger partial charge in [-0.25, -0.2) is 0 Å². The fourth-order valence-corrected chi connectivity index (χ4v) is 3.38. The van der Waals surface area contributed by atoms with Crippen molar-refractivity contribution in [1.82, 2.24) is 20.1 Å². The predicted molar refractivity (Wildman–Crippen MR) is 83.6 cm³/mol. The van der Waals surface area contributed by atoms with Crippen LogP contribution in [0.1, 0.15) is 43.8 Å². The molecule has 0 aromatic carbocycles. The Labute approximate surface area is 133 Å². The Morgan fingerprint density at radius 2 is 2.36 bits per heavy atom. The van der Waals surface area contributed by atoms with Crippen molar-refractivity contribution in [2.45, 2.75) is 50.4 Å². The van der Waals surface area contributed by atoms with Crippen molar-refractivity contribution >= 4 is 17.7 Å². The average molecular weight is 320 g/mol. The minimum Gasteiger partial charge on any atom is -0.467 e. The molecule has 22 heavy (non-hydrogen) atoms. The van der Waals surface area contributed by atoms with E-state index in [2.05, 4.69) is 20.1 Å². The number of aryl methyl sites for hydroxylation is 1. The van der Waals surface area contributed by atoms with Crippen LogP contribution in [-0.2, 0) is 17.8 Å². The number of carbonyl (C=O) groups is 1. The highest BCUT2D eigenvalue weighted by molar-refractivity contribution is 7.99. The monoisotopic (exact) mass is 320 g/mol. The number of hydrogen-bond donors (Lipinski definition) is 1. The summed E-state index contributed by atoms with van der Waals surface area (Å²) in [6, 6.07) is 3.55. The molecule has 3 heterocycles. The van der Waals surface area contributed by atoms with Gasteiger partial charge in [-0.05, 0) is 31.9 Å². The maximum absolute atomic E-state index is 12.0. The summed E-state index contributed by atoms with van der Waals surface area (Å²) in [5, 5.41) is 12.2. The molecule has 1 N–H and O–H groups in total. The van der Waals surface area contributed by atoms with Gasteiger partial charge in [0.2, 0.25) is 5.91 Å². The first-order valence-corrected chi connectivity index (χ1v) is 8.60. The lowest BCUT2D eigenvalue weighted by Crippen LogP contribution is -2.28. The highest BCUT2D eigenvalue weighted by Gasteiger charge is 2.17. The maximum atomic E-state index is 12.0. The number of thioether (sulfide) groups is 1. The number of carbonyl (C=O) groups excluding carboxylic acids is 1. The predicted octanol–water partition coefficient (Wildman–Crippen LogP) is 2.57. The number of aromatic nitrogens is 3. The second-order valence-electron chi connectivity index (χ2n) is 5.45. The van der Waals surface area contributed by atoms with Crippen LogP contribution in [0.2, 0.25) is 0 Å². The largest absolute Gasteiger partial charge is 0.467 e. The van der Waals surface area contributed by atoms with E-state index in [1.54, 1.807) is 6.26 Å². The summed E-state index contributed by atoms with van der Waals surface area (Å²) < 4.78 is 7.44. The number of hydrogen-bond acceptors (Lipinski definition) is 5. The zero-order valence-electron chi connectivity index (χ0n) is 12.6. The molecule has 0 unspecified atom stereocenters. The number of nitrogens with one attached hydrogen (secondary N) is 1. The second-order valence-corrected chi connectivity index (χ2v) is 6.40. The molecule has 0 saturated carbocycles. The van der Waals surface area contributed by atoms with Crippen LogP contribution in [0, 0.1) is 0 Å². The zero-order valence-corrected chi connectivity index (χ0v) is 13.4. The van der Waals surface area contributed by atoms with E-state index in [9.17, 15) is 4.79 Å². The van der Waals surface area contributed by atoms with Gasteiger partial charge < -0.3 is 14.3 Å². The minimum atomic E-state index is -0.126. The van der Waals surface area contributed by atoms with Gasteiger partial charge in [-0.2, -0.15) is 0 Å². The summed E-state index contributed by atoms with van der Waals surface area (Å²) in [6.45, 7) is 2.86. The Hall–Kier alpha value is -1.76. The summed E-state index contributed by atoms with van der Waals surface area (Å²) in [5.74, 6) is 2.11. The van der Waals surface area contributed by atoms with E-state index in [0.717, 1.165) is 36.1 Å². The average Bonchev–Trinajstić information content (AvgIpc) is 3.11. The van der Waals surface area contributed by atoms with Crippen molar-refractivity contribution in [1.29, 1.82) is 0 Å². The first kappa shape index (κ1) is 15.1. The molecule has 0 spiro atoms. The molecule has 0 bridgehead atoms. The third-order valence-corrected chi connectivity index (χ3v) is 4.72. The Morgan fingerprint density at radius 3 is 3.18 bits per heavy atom. The number of nitrogens with zero attached hydrogens (tertiary/aromatic N) is 3. The van der Waals surface area contributed by atoms with E-state index in [0.29, 0.717) is 5.75 Å². The molecule has 2 aromatic rings. The van der Waals surface area contributed by atoms with Crippen LogP contribution >= 0.6 is 11.8 Å². The van der Waals surface area contributed by atoms with Crippen molar-refractivity contribution in [3.63, 3.8) is 0 Å². The van der Waals surface area contributed by atoms with E-state index in [1.165, 1.54) is 24.6 Å². The number of furan rings is 1. The second kappa shape index (κ2) is 7.00. The summed E-state index contributed by atoms with van der Waals surface area (Å²) in [5.41, 5.74) is 0. The summed E-state index contributed by atoms with van der Waals surface area (Å²) in [6.07, 6.45) is 6.15. The van der Waals surface area contributed by atoms with Crippen LogP contribution in [0.25, 0.3) is 0 Å². The van der Waals surface area contributed by atoms with E-state index in [1.807, 2.05) is 19.1 Å². The molecule has 118 valence electrons. The maximum Gasteiger partial charge on any atom is 0.231 e. The number of amides is 1. The minimum absolute atomic E-state index is 0.0279. The molecule has 6 nitrogen and oxygen atoms in total. The van der Waals surface area contributed by atoms with Crippen molar-refractivity contribution in [2.75, 3.05) is 5.75 Å². The van der Waals surface area contributed by atoms with Gasteiger partial charge in [-0.3, -0.25) is 4.79 Å². The first-order chi connectivity index (χ1) is 10.7. The first-order valence-electron chi connectivity index (χ1n) is 7.61. The van der Waals surface area contributed by atoms with Gasteiger partial charge in [-0.1, -0.05) is 18.2 Å². The summed E-state index contributed by atoms with van der Waals surface area (Å²) >= 11 is 1.45. The van der Waals surface area contributed by atoms with Crippen LogP contribution in [0.15, 0.2) is 28.0 Å². The molecular formula is C15H20N4O2S. The van der Waals surface area contributed by atoms with Gasteiger partial charge in [0, 0.05) is 13.0 Å². The highest BCUT2D eigenvalue weighted by atomic mass is 32.2. The fourth-order valence-electron chi connectivity index (χ4n) is 2.59. The molecule has 1 atom stereocenters. The molecule has 1 amide bonds. The summed E-state index contributed by atoms with van der Waals surface area (Å²) in [4.78, 5) is 12.0. The lowest BCUT2D eigenvalue weighted by molar-refractivity contribution is -0.119. The van der Waals surface area contributed by atoms with E-state index in [-0.39, 0.29) is 11.9 Å². The third kappa shape index (κ3) is 3.52. The van der Waals surface area contributed by atoms with Crippen LogP contribution in [0.4, 0.5) is 0 Å². The lowest BCUT2D eigenvalue weighted by atomic mass is 10.2. The van der Waals surface area contributed by atoms with Gasteiger partial charge in [0.1, 0.15) is 11.6 Å². The Balaban J connectivity index is 1.54. The van der Waals surface area contributed by atoms with Crippen molar-refractivity contribution in [3.05, 3.63) is 30.0 Å². The molecule has 1 aliphatic rings. The molecule has 7 heteroatoms. The van der Waals surface area contributed by atoms with Crippen molar-refractivity contribution in [3.8, 4) is 0 Å². The normalized spacial score (nSPS) is 15.9. The van der Waals surface area contributed by atoms with Crippen LogP contribution in [0.5, 0.6) is 0 Å². The van der Waals surface area contributed by atoms with Crippen molar-refractivity contribution < 1.29 is 9.21 Å². The number of rotatable bonds is 5. The third-order valence-electron chi connectivity index (χ3n) is 3.76. The van der Waals surface area contributed by atoms with Gasteiger partial charge in [0.05, 0.1) is 18.1 Å².